The summed E-state index contributed by atoms with van der Waals surface area (Å²) in [5.74, 6) is 1.01. The maximum Gasteiger partial charge on any atom is 0.220 e. The Morgan fingerprint density at radius 2 is 2.00 bits per heavy atom. The fraction of sp³-hybridized carbons (Fsp3) is 0.923. The highest BCUT2D eigenvalue weighted by molar-refractivity contribution is 5.75. The van der Waals surface area contributed by atoms with Gasteiger partial charge in [-0.15, -0.1) is 0 Å². The van der Waals surface area contributed by atoms with Crippen LogP contribution in [0, 0.1) is 5.92 Å². The Balaban J connectivity index is 1.87. The van der Waals surface area contributed by atoms with E-state index in [0.29, 0.717) is 13.0 Å². The topological polar surface area (TPSA) is 50.4 Å². The molecule has 0 heterocycles. The third-order valence-electron chi connectivity index (χ3n) is 3.36. The quantitative estimate of drug-likeness (QED) is 0.599. The summed E-state index contributed by atoms with van der Waals surface area (Å²) in [5, 5.41) is 6.14. The van der Waals surface area contributed by atoms with Crippen LogP contribution in [-0.2, 0) is 9.53 Å². The van der Waals surface area contributed by atoms with Gasteiger partial charge >= 0.3 is 0 Å². The lowest BCUT2D eigenvalue weighted by atomic mass is 10.0. The van der Waals surface area contributed by atoms with Crippen LogP contribution < -0.4 is 10.6 Å². The molecule has 100 valence electrons. The van der Waals surface area contributed by atoms with Gasteiger partial charge in [0.05, 0.1) is 6.61 Å². The first kappa shape index (κ1) is 14.5. The normalized spacial score (nSPS) is 16.3. The largest absolute Gasteiger partial charge is 0.383 e. The van der Waals surface area contributed by atoms with Crippen molar-refractivity contribution in [2.24, 2.45) is 5.92 Å². The van der Waals surface area contributed by atoms with Crippen LogP contribution in [0.4, 0.5) is 0 Å². The Labute approximate surface area is 104 Å². The molecule has 1 saturated carbocycles. The summed E-state index contributed by atoms with van der Waals surface area (Å²) in [6.45, 7) is 3.09. The third kappa shape index (κ3) is 7.34. The molecule has 0 spiro atoms. The fourth-order valence-electron chi connectivity index (χ4n) is 2.31. The average Bonchev–Trinajstić information content (AvgIpc) is 2.84. The van der Waals surface area contributed by atoms with Crippen LogP contribution in [-0.4, -0.2) is 39.3 Å². The minimum Gasteiger partial charge on any atom is -0.383 e. The van der Waals surface area contributed by atoms with Gasteiger partial charge in [-0.2, -0.15) is 0 Å². The summed E-state index contributed by atoms with van der Waals surface area (Å²) >= 11 is 0. The van der Waals surface area contributed by atoms with Gasteiger partial charge in [0.2, 0.25) is 5.91 Å². The zero-order valence-corrected chi connectivity index (χ0v) is 11.0. The van der Waals surface area contributed by atoms with Crippen molar-refractivity contribution >= 4 is 5.91 Å². The minimum atomic E-state index is 0.199. The van der Waals surface area contributed by atoms with Crippen molar-refractivity contribution in [2.75, 3.05) is 33.4 Å². The smallest absolute Gasteiger partial charge is 0.220 e. The van der Waals surface area contributed by atoms with Crippen molar-refractivity contribution in [2.45, 2.75) is 38.5 Å². The maximum absolute atomic E-state index is 11.5. The number of ether oxygens (including phenoxy) is 1. The zero-order chi connectivity index (χ0) is 12.3. The molecule has 1 aliphatic carbocycles. The number of hydrogen-bond donors (Lipinski definition) is 2. The first-order valence-corrected chi connectivity index (χ1v) is 6.79. The lowest BCUT2D eigenvalue weighted by molar-refractivity contribution is -0.121. The van der Waals surface area contributed by atoms with E-state index in [-0.39, 0.29) is 5.91 Å². The number of amides is 1. The van der Waals surface area contributed by atoms with Crippen LogP contribution in [0.3, 0.4) is 0 Å². The number of hydrogen-bond acceptors (Lipinski definition) is 3. The van der Waals surface area contributed by atoms with Gasteiger partial charge < -0.3 is 15.4 Å². The van der Waals surface area contributed by atoms with E-state index in [0.717, 1.165) is 32.0 Å². The van der Waals surface area contributed by atoms with E-state index in [2.05, 4.69) is 10.6 Å². The van der Waals surface area contributed by atoms with Crippen LogP contribution in [0.25, 0.3) is 0 Å². The molecule has 1 amide bonds. The molecule has 0 radical (unpaired) electrons. The highest BCUT2D eigenvalue weighted by Crippen LogP contribution is 2.28. The molecule has 4 nitrogen and oxygen atoms in total. The van der Waals surface area contributed by atoms with E-state index < -0.39 is 0 Å². The van der Waals surface area contributed by atoms with Crippen molar-refractivity contribution in [3.8, 4) is 0 Å². The summed E-state index contributed by atoms with van der Waals surface area (Å²) in [7, 11) is 1.69. The molecule has 2 N–H and O–H groups in total. The van der Waals surface area contributed by atoms with Crippen LogP contribution in [0.2, 0.25) is 0 Å². The predicted molar refractivity (Wildman–Crippen MR) is 68.9 cm³/mol. The SMILES string of the molecule is COCCNCCNC(=O)CCC1CCCC1. The number of rotatable bonds is 9. The molecule has 0 saturated heterocycles. The van der Waals surface area contributed by atoms with E-state index in [1.165, 1.54) is 25.7 Å². The second-order valence-corrected chi connectivity index (χ2v) is 4.78. The van der Waals surface area contributed by atoms with Gasteiger partial charge in [0, 0.05) is 33.2 Å². The number of nitrogens with one attached hydrogen (secondary N) is 2. The fourth-order valence-corrected chi connectivity index (χ4v) is 2.31. The molecular formula is C13H26N2O2. The Morgan fingerprint density at radius 1 is 1.24 bits per heavy atom. The highest BCUT2D eigenvalue weighted by atomic mass is 16.5. The summed E-state index contributed by atoms with van der Waals surface area (Å²) < 4.78 is 4.92. The summed E-state index contributed by atoms with van der Waals surface area (Å²) in [6.07, 6.45) is 7.13. The molecule has 0 atom stereocenters. The summed E-state index contributed by atoms with van der Waals surface area (Å²) in [4.78, 5) is 11.5. The third-order valence-corrected chi connectivity index (χ3v) is 3.36. The van der Waals surface area contributed by atoms with E-state index in [9.17, 15) is 4.79 Å². The summed E-state index contributed by atoms with van der Waals surface area (Å²) in [5.41, 5.74) is 0. The molecule has 17 heavy (non-hydrogen) atoms. The maximum atomic E-state index is 11.5. The molecule has 0 aromatic carbocycles. The van der Waals surface area contributed by atoms with Crippen LogP contribution in [0.1, 0.15) is 38.5 Å². The molecule has 0 aromatic heterocycles. The molecule has 1 fully saturated rings. The first-order valence-electron chi connectivity index (χ1n) is 6.79. The van der Waals surface area contributed by atoms with E-state index >= 15 is 0 Å². The lowest BCUT2D eigenvalue weighted by Crippen LogP contribution is -2.33. The monoisotopic (exact) mass is 242 g/mol. The van der Waals surface area contributed by atoms with Crippen molar-refractivity contribution in [1.82, 2.24) is 10.6 Å². The Morgan fingerprint density at radius 3 is 2.71 bits per heavy atom. The molecule has 4 heteroatoms. The molecular weight excluding hydrogens is 216 g/mol. The molecule has 1 rings (SSSR count). The zero-order valence-electron chi connectivity index (χ0n) is 11.0. The minimum absolute atomic E-state index is 0.199. The Hall–Kier alpha value is -0.610. The van der Waals surface area contributed by atoms with E-state index in [1.54, 1.807) is 7.11 Å². The predicted octanol–water partition coefficient (Wildman–Crippen LogP) is 1.31. The number of carbonyl (C=O) groups is 1. The number of methoxy groups -OCH3 is 1. The Bertz CT molecular complexity index is 204. The van der Waals surface area contributed by atoms with Gasteiger partial charge in [-0.25, -0.2) is 0 Å². The molecule has 0 unspecified atom stereocenters. The lowest BCUT2D eigenvalue weighted by Gasteiger charge is -2.09. The first-order chi connectivity index (χ1) is 8.33. The van der Waals surface area contributed by atoms with E-state index in [4.69, 9.17) is 4.74 Å². The van der Waals surface area contributed by atoms with Crippen molar-refractivity contribution in [3.05, 3.63) is 0 Å². The van der Waals surface area contributed by atoms with Gasteiger partial charge in [-0.1, -0.05) is 25.7 Å². The van der Waals surface area contributed by atoms with Crippen LogP contribution in [0.5, 0.6) is 0 Å². The Kier molecular flexibility index (Phi) is 8.01. The molecule has 0 aromatic rings. The van der Waals surface area contributed by atoms with Gasteiger partial charge in [-0.3, -0.25) is 4.79 Å². The second kappa shape index (κ2) is 9.42. The van der Waals surface area contributed by atoms with Crippen molar-refractivity contribution in [3.63, 3.8) is 0 Å². The highest BCUT2D eigenvalue weighted by Gasteiger charge is 2.15. The standard InChI is InChI=1S/C13H26N2O2/c1-17-11-10-14-8-9-15-13(16)7-6-12-4-2-3-5-12/h12,14H,2-11H2,1H3,(H,15,16). The van der Waals surface area contributed by atoms with Crippen LogP contribution in [0.15, 0.2) is 0 Å². The van der Waals surface area contributed by atoms with E-state index in [1.807, 2.05) is 0 Å². The second-order valence-electron chi connectivity index (χ2n) is 4.78. The summed E-state index contributed by atoms with van der Waals surface area (Å²) in [6, 6.07) is 0. The molecule has 0 aliphatic heterocycles. The van der Waals surface area contributed by atoms with Gasteiger partial charge in [0.15, 0.2) is 0 Å². The van der Waals surface area contributed by atoms with Crippen molar-refractivity contribution < 1.29 is 9.53 Å². The van der Waals surface area contributed by atoms with Gasteiger partial charge in [-0.05, 0) is 12.3 Å². The average molecular weight is 242 g/mol. The molecule has 0 bridgehead atoms. The number of carbonyl (C=O) groups excluding carboxylic acids is 1. The van der Waals surface area contributed by atoms with Crippen molar-refractivity contribution in [1.29, 1.82) is 0 Å². The van der Waals surface area contributed by atoms with Crippen LogP contribution >= 0.6 is 0 Å². The molecule has 1 aliphatic rings. The van der Waals surface area contributed by atoms with Gasteiger partial charge in [0.1, 0.15) is 0 Å². The van der Waals surface area contributed by atoms with Gasteiger partial charge in [0.25, 0.3) is 0 Å².